The van der Waals surface area contributed by atoms with E-state index in [4.69, 9.17) is 5.11 Å². The van der Waals surface area contributed by atoms with Crippen molar-refractivity contribution < 1.29 is 9.90 Å². The molecule has 4 nitrogen and oxygen atoms in total. The van der Waals surface area contributed by atoms with Crippen LogP contribution >= 0.6 is 11.3 Å². The third kappa shape index (κ3) is 4.09. The molecule has 96 valence electrons. The number of rotatable bonds is 6. The molecule has 0 aliphatic heterocycles. The van der Waals surface area contributed by atoms with Crippen LogP contribution in [0.5, 0.6) is 0 Å². The number of thiazole rings is 1. The Hall–Kier alpha value is -0.940. The molecule has 0 fully saturated rings. The van der Waals surface area contributed by atoms with Gasteiger partial charge in [0, 0.05) is 11.4 Å². The maximum absolute atomic E-state index is 10.9. The Labute approximate surface area is 106 Å². The van der Waals surface area contributed by atoms with Crippen molar-refractivity contribution in [3.63, 3.8) is 0 Å². The molecule has 0 saturated carbocycles. The van der Waals surface area contributed by atoms with Crippen molar-refractivity contribution in [3.8, 4) is 0 Å². The van der Waals surface area contributed by atoms with Crippen molar-refractivity contribution in [1.29, 1.82) is 0 Å². The zero-order valence-corrected chi connectivity index (χ0v) is 11.6. The van der Waals surface area contributed by atoms with Gasteiger partial charge < -0.3 is 10.4 Å². The van der Waals surface area contributed by atoms with Gasteiger partial charge in [-0.2, -0.15) is 0 Å². The molecule has 0 aliphatic carbocycles. The molecule has 0 atom stereocenters. The van der Waals surface area contributed by atoms with Gasteiger partial charge in [-0.25, -0.2) is 4.98 Å². The van der Waals surface area contributed by atoms with Crippen molar-refractivity contribution in [1.82, 2.24) is 10.3 Å². The Kier molecular flexibility index (Phi) is 4.65. The van der Waals surface area contributed by atoms with Gasteiger partial charge in [-0.1, -0.05) is 0 Å². The summed E-state index contributed by atoms with van der Waals surface area (Å²) in [7, 11) is 0. The molecule has 0 aromatic carbocycles. The summed E-state index contributed by atoms with van der Waals surface area (Å²) in [5.41, 5.74) is 0.406. The van der Waals surface area contributed by atoms with E-state index in [0.717, 1.165) is 17.2 Å². The molecule has 1 rings (SSSR count). The molecule has 1 aromatic rings. The average Bonchev–Trinajstić information content (AvgIpc) is 2.52. The maximum atomic E-state index is 10.9. The molecule has 1 heterocycles. The van der Waals surface area contributed by atoms with Gasteiger partial charge in [0.05, 0.1) is 16.1 Å². The number of carboxylic acids is 1. The van der Waals surface area contributed by atoms with E-state index in [-0.39, 0.29) is 0 Å². The Morgan fingerprint density at radius 2 is 2.12 bits per heavy atom. The van der Waals surface area contributed by atoms with E-state index in [0.29, 0.717) is 13.0 Å². The number of hydrogen-bond donors (Lipinski definition) is 2. The largest absolute Gasteiger partial charge is 0.481 e. The van der Waals surface area contributed by atoms with Gasteiger partial charge in [0.2, 0.25) is 0 Å². The zero-order valence-electron chi connectivity index (χ0n) is 10.8. The predicted molar refractivity (Wildman–Crippen MR) is 69.3 cm³/mol. The highest BCUT2D eigenvalue weighted by atomic mass is 32.1. The zero-order chi connectivity index (χ0) is 13.1. The lowest BCUT2D eigenvalue weighted by Gasteiger charge is -2.18. The minimum atomic E-state index is -0.746. The van der Waals surface area contributed by atoms with Gasteiger partial charge in [0.25, 0.3) is 0 Å². The van der Waals surface area contributed by atoms with Crippen LogP contribution in [0.1, 0.15) is 35.8 Å². The summed E-state index contributed by atoms with van der Waals surface area (Å²) >= 11 is 1.69. The van der Waals surface area contributed by atoms with Gasteiger partial charge in [0.1, 0.15) is 0 Å². The number of hydrogen-bond acceptors (Lipinski definition) is 4. The second kappa shape index (κ2) is 5.60. The number of carboxylic acid groups (broad SMARTS) is 1. The van der Waals surface area contributed by atoms with Crippen molar-refractivity contribution in [2.45, 2.75) is 40.7 Å². The SMILES string of the molecule is Cc1nc(C)c(CNCCC(C)(C)C(=O)O)s1. The molecule has 0 saturated heterocycles. The molecule has 0 aliphatic rings. The van der Waals surface area contributed by atoms with E-state index in [1.165, 1.54) is 4.88 Å². The van der Waals surface area contributed by atoms with Gasteiger partial charge >= 0.3 is 5.97 Å². The maximum Gasteiger partial charge on any atom is 0.309 e. The third-order valence-electron chi connectivity index (χ3n) is 2.79. The van der Waals surface area contributed by atoms with E-state index in [1.807, 2.05) is 13.8 Å². The van der Waals surface area contributed by atoms with E-state index in [9.17, 15) is 4.79 Å². The molecule has 17 heavy (non-hydrogen) atoms. The van der Waals surface area contributed by atoms with E-state index < -0.39 is 11.4 Å². The van der Waals surface area contributed by atoms with Gasteiger partial charge in [-0.3, -0.25) is 4.79 Å². The summed E-state index contributed by atoms with van der Waals surface area (Å²) in [6, 6.07) is 0. The molecule has 0 bridgehead atoms. The minimum Gasteiger partial charge on any atom is -0.481 e. The van der Waals surface area contributed by atoms with Crippen molar-refractivity contribution in [2.24, 2.45) is 5.41 Å². The first-order valence-corrected chi connectivity index (χ1v) is 6.51. The van der Waals surface area contributed by atoms with Gasteiger partial charge in [0.15, 0.2) is 0 Å². The number of aliphatic carboxylic acids is 1. The summed E-state index contributed by atoms with van der Waals surface area (Å²) in [4.78, 5) is 16.5. The Morgan fingerprint density at radius 1 is 1.47 bits per heavy atom. The van der Waals surface area contributed by atoms with Crippen LogP contribution in [0.3, 0.4) is 0 Å². The molecule has 2 N–H and O–H groups in total. The topological polar surface area (TPSA) is 62.2 Å². The van der Waals surface area contributed by atoms with E-state index >= 15 is 0 Å². The van der Waals surface area contributed by atoms with Crippen molar-refractivity contribution >= 4 is 17.3 Å². The lowest BCUT2D eigenvalue weighted by atomic mass is 9.90. The Bertz CT molecular complexity index is 399. The fourth-order valence-corrected chi connectivity index (χ4v) is 2.35. The van der Waals surface area contributed by atoms with Crippen LogP contribution < -0.4 is 5.32 Å². The van der Waals surface area contributed by atoms with Crippen LogP contribution in [-0.2, 0) is 11.3 Å². The van der Waals surface area contributed by atoms with Crippen molar-refractivity contribution in [2.75, 3.05) is 6.54 Å². The number of nitrogens with one attached hydrogen (secondary N) is 1. The minimum absolute atomic E-state index is 0.624. The van der Waals surface area contributed by atoms with Gasteiger partial charge in [-0.05, 0) is 40.7 Å². The second-order valence-electron chi connectivity index (χ2n) is 4.86. The average molecular weight is 256 g/mol. The molecule has 0 radical (unpaired) electrons. The molecular formula is C12H20N2O2S. The highest BCUT2D eigenvalue weighted by Crippen LogP contribution is 2.20. The van der Waals surface area contributed by atoms with Crippen LogP contribution in [0.2, 0.25) is 0 Å². The van der Waals surface area contributed by atoms with Crippen LogP contribution in [0, 0.1) is 19.3 Å². The fourth-order valence-electron chi connectivity index (χ4n) is 1.45. The van der Waals surface area contributed by atoms with E-state index in [2.05, 4.69) is 10.3 Å². The normalized spacial score (nSPS) is 11.8. The number of carbonyl (C=O) groups is 1. The monoisotopic (exact) mass is 256 g/mol. The lowest BCUT2D eigenvalue weighted by molar-refractivity contribution is -0.147. The smallest absolute Gasteiger partial charge is 0.309 e. The van der Waals surface area contributed by atoms with E-state index in [1.54, 1.807) is 25.2 Å². The fraction of sp³-hybridized carbons (Fsp3) is 0.667. The first kappa shape index (κ1) is 14.1. The molecular weight excluding hydrogens is 236 g/mol. The third-order valence-corrected chi connectivity index (χ3v) is 3.86. The molecule has 5 heteroatoms. The lowest BCUT2D eigenvalue weighted by Crippen LogP contribution is -2.28. The summed E-state index contributed by atoms with van der Waals surface area (Å²) in [6.07, 6.45) is 0.624. The molecule has 1 aromatic heterocycles. The van der Waals surface area contributed by atoms with Crippen LogP contribution in [-0.4, -0.2) is 22.6 Å². The molecule has 0 unspecified atom stereocenters. The first-order chi connectivity index (χ1) is 7.83. The summed E-state index contributed by atoms with van der Waals surface area (Å²) in [5.74, 6) is -0.746. The van der Waals surface area contributed by atoms with Crippen molar-refractivity contribution in [3.05, 3.63) is 15.6 Å². The quantitative estimate of drug-likeness (QED) is 0.767. The molecule has 0 spiro atoms. The summed E-state index contributed by atoms with van der Waals surface area (Å²) < 4.78 is 0. The standard InChI is InChI=1S/C12H20N2O2S/c1-8-10(17-9(2)14-8)7-13-6-5-12(3,4)11(15)16/h13H,5-7H2,1-4H3,(H,15,16). The highest BCUT2D eigenvalue weighted by molar-refractivity contribution is 7.11. The number of aromatic nitrogens is 1. The van der Waals surface area contributed by atoms with Gasteiger partial charge in [-0.15, -0.1) is 11.3 Å². The predicted octanol–water partition coefficient (Wildman–Crippen LogP) is 2.35. The first-order valence-electron chi connectivity index (χ1n) is 5.70. The second-order valence-corrected chi connectivity index (χ2v) is 6.15. The van der Waals surface area contributed by atoms with Crippen LogP contribution in [0.25, 0.3) is 0 Å². The Balaban J connectivity index is 2.34. The molecule has 0 amide bonds. The van der Waals surface area contributed by atoms with Crippen LogP contribution in [0.15, 0.2) is 0 Å². The Morgan fingerprint density at radius 3 is 2.59 bits per heavy atom. The highest BCUT2D eigenvalue weighted by Gasteiger charge is 2.26. The number of nitrogens with zero attached hydrogens (tertiary/aromatic N) is 1. The summed E-state index contributed by atoms with van der Waals surface area (Å²) in [5, 5.41) is 13.3. The van der Waals surface area contributed by atoms with Crippen LogP contribution in [0.4, 0.5) is 0 Å². The summed E-state index contributed by atoms with van der Waals surface area (Å²) in [6.45, 7) is 8.97. The number of aryl methyl sites for hydroxylation is 2.